The molecule has 1 saturated carbocycles. The van der Waals surface area contributed by atoms with Crippen LogP contribution in [0.15, 0.2) is 28.4 Å². The number of aromatic amines is 1. The summed E-state index contributed by atoms with van der Waals surface area (Å²) in [5, 5.41) is 17.3. The molecule has 0 saturated heterocycles. The first-order chi connectivity index (χ1) is 8.65. The lowest BCUT2D eigenvalue weighted by Gasteiger charge is -1.92. The van der Waals surface area contributed by atoms with Crippen molar-refractivity contribution in [2.24, 2.45) is 16.1 Å². The minimum atomic E-state index is -0.438. The highest BCUT2D eigenvalue weighted by Gasteiger charge is 2.29. The van der Waals surface area contributed by atoms with Crippen molar-refractivity contribution in [2.75, 3.05) is 0 Å². The Labute approximate surface area is 101 Å². The van der Waals surface area contributed by atoms with E-state index < -0.39 is 5.82 Å². The average molecular weight is 247 g/mol. The number of fused-ring (bicyclic) bond motifs is 1. The van der Waals surface area contributed by atoms with Crippen LogP contribution in [0.4, 0.5) is 10.1 Å². The normalized spacial score (nSPS) is 15.6. The summed E-state index contributed by atoms with van der Waals surface area (Å²) in [7, 11) is 0. The van der Waals surface area contributed by atoms with Gasteiger partial charge in [0.2, 0.25) is 5.88 Å². The van der Waals surface area contributed by atoms with Crippen molar-refractivity contribution in [3.8, 4) is 5.88 Å². The van der Waals surface area contributed by atoms with E-state index in [1.165, 1.54) is 18.2 Å². The van der Waals surface area contributed by atoms with Crippen molar-refractivity contribution in [1.82, 2.24) is 4.98 Å². The molecule has 1 heterocycles. The van der Waals surface area contributed by atoms with Gasteiger partial charge < -0.3 is 10.1 Å². The van der Waals surface area contributed by atoms with Gasteiger partial charge in [0.05, 0.1) is 5.52 Å². The molecule has 1 aromatic carbocycles. The van der Waals surface area contributed by atoms with Gasteiger partial charge in [0.25, 0.3) is 5.91 Å². The summed E-state index contributed by atoms with van der Waals surface area (Å²) in [5.41, 5.74) is 0.639. The Hall–Kier alpha value is -2.24. The predicted molar refractivity (Wildman–Crippen MR) is 62.2 cm³/mol. The summed E-state index contributed by atoms with van der Waals surface area (Å²) < 4.78 is 13.1. The fraction of sp³-hybridized carbons (Fsp3) is 0.250. The van der Waals surface area contributed by atoms with Crippen LogP contribution in [0.5, 0.6) is 5.88 Å². The number of nitrogens with one attached hydrogen (secondary N) is 1. The van der Waals surface area contributed by atoms with Gasteiger partial charge in [-0.3, -0.25) is 4.79 Å². The van der Waals surface area contributed by atoms with E-state index in [2.05, 4.69) is 15.2 Å². The molecule has 2 aromatic rings. The van der Waals surface area contributed by atoms with Crippen molar-refractivity contribution in [1.29, 1.82) is 0 Å². The number of aromatic hydroxyl groups is 1. The van der Waals surface area contributed by atoms with Gasteiger partial charge in [-0.25, -0.2) is 4.39 Å². The molecule has 0 unspecified atom stereocenters. The molecule has 0 spiro atoms. The lowest BCUT2D eigenvalue weighted by atomic mass is 10.2. The Kier molecular flexibility index (Phi) is 2.36. The standard InChI is InChI=1S/C12H10FN3O2/c13-7-3-4-9-8(5-7)10(12(18)14-9)15-16-11(17)6-1-2-6/h3-6,14,18H,1-2H2. The zero-order chi connectivity index (χ0) is 12.7. The molecule has 6 heteroatoms. The van der Waals surface area contributed by atoms with Crippen molar-refractivity contribution in [3.05, 3.63) is 24.0 Å². The van der Waals surface area contributed by atoms with E-state index in [0.29, 0.717) is 10.9 Å². The van der Waals surface area contributed by atoms with E-state index in [-0.39, 0.29) is 23.4 Å². The van der Waals surface area contributed by atoms with Gasteiger partial charge in [-0.2, -0.15) is 0 Å². The predicted octanol–water partition coefficient (Wildman–Crippen LogP) is 3.03. The van der Waals surface area contributed by atoms with E-state index in [4.69, 9.17) is 0 Å². The van der Waals surface area contributed by atoms with Crippen LogP contribution in [-0.2, 0) is 4.79 Å². The van der Waals surface area contributed by atoms with E-state index in [0.717, 1.165) is 12.8 Å². The summed E-state index contributed by atoms with van der Waals surface area (Å²) in [6.45, 7) is 0. The molecular weight excluding hydrogens is 237 g/mol. The van der Waals surface area contributed by atoms with Crippen molar-refractivity contribution < 1.29 is 14.3 Å². The molecule has 1 aliphatic rings. The van der Waals surface area contributed by atoms with E-state index in [9.17, 15) is 14.3 Å². The van der Waals surface area contributed by atoms with Crippen LogP contribution < -0.4 is 0 Å². The fourth-order valence-electron chi connectivity index (χ4n) is 1.75. The number of amides is 1. The number of benzene rings is 1. The monoisotopic (exact) mass is 247 g/mol. The number of halogens is 1. The number of carbonyl (C=O) groups excluding carboxylic acids is 1. The van der Waals surface area contributed by atoms with Crippen LogP contribution in [0.3, 0.4) is 0 Å². The zero-order valence-electron chi connectivity index (χ0n) is 9.35. The second-order valence-electron chi connectivity index (χ2n) is 4.32. The Morgan fingerprint density at radius 2 is 2.22 bits per heavy atom. The van der Waals surface area contributed by atoms with E-state index in [1.54, 1.807) is 0 Å². The molecule has 2 N–H and O–H groups in total. The molecule has 1 fully saturated rings. The van der Waals surface area contributed by atoms with Gasteiger partial charge in [0.15, 0.2) is 5.69 Å². The van der Waals surface area contributed by atoms with Crippen LogP contribution in [0.2, 0.25) is 0 Å². The molecule has 0 atom stereocenters. The third-order valence-electron chi connectivity index (χ3n) is 2.89. The zero-order valence-corrected chi connectivity index (χ0v) is 9.35. The first kappa shape index (κ1) is 10.9. The minimum Gasteiger partial charge on any atom is -0.493 e. The number of aromatic nitrogens is 1. The molecule has 1 aliphatic carbocycles. The van der Waals surface area contributed by atoms with Gasteiger partial charge in [0.1, 0.15) is 5.82 Å². The largest absolute Gasteiger partial charge is 0.493 e. The maximum absolute atomic E-state index is 13.1. The van der Waals surface area contributed by atoms with Crippen molar-refractivity contribution in [3.63, 3.8) is 0 Å². The Morgan fingerprint density at radius 1 is 1.44 bits per heavy atom. The highest BCUT2D eigenvalue weighted by molar-refractivity contribution is 5.94. The molecule has 5 nitrogen and oxygen atoms in total. The number of rotatable bonds is 2. The van der Waals surface area contributed by atoms with Crippen LogP contribution in [0, 0.1) is 11.7 Å². The number of nitrogens with zero attached hydrogens (tertiary/aromatic N) is 2. The van der Waals surface area contributed by atoms with Crippen LogP contribution in [-0.4, -0.2) is 16.0 Å². The van der Waals surface area contributed by atoms with Crippen molar-refractivity contribution in [2.45, 2.75) is 12.8 Å². The maximum Gasteiger partial charge on any atom is 0.267 e. The summed E-state index contributed by atoms with van der Waals surface area (Å²) in [5.74, 6) is -0.979. The summed E-state index contributed by atoms with van der Waals surface area (Å²) in [6.07, 6.45) is 1.68. The molecule has 1 aromatic heterocycles. The molecular formula is C12H10FN3O2. The molecule has 3 rings (SSSR count). The van der Waals surface area contributed by atoms with Gasteiger partial charge in [0, 0.05) is 11.3 Å². The van der Waals surface area contributed by atoms with Gasteiger partial charge in [-0.1, -0.05) is 0 Å². The first-order valence-corrected chi connectivity index (χ1v) is 5.61. The fourth-order valence-corrected chi connectivity index (χ4v) is 1.75. The Balaban J connectivity index is 2.01. The highest BCUT2D eigenvalue weighted by atomic mass is 19.1. The smallest absolute Gasteiger partial charge is 0.267 e. The number of hydrogen-bond donors (Lipinski definition) is 2. The molecule has 0 radical (unpaired) electrons. The number of azo groups is 1. The second-order valence-corrected chi connectivity index (χ2v) is 4.32. The third-order valence-corrected chi connectivity index (χ3v) is 2.89. The number of H-pyrrole nitrogens is 1. The summed E-state index contributed by atoms with van der Waals surface area (Å²) in [4.78, 5) is 14.0. The first-order valence-electron chi connectivity index (χ1n) is 5.61. The topological polar surface area (TPSA) is 77.8 Å². The summed E-state index contributed by atoms with van der Waals surface area (Å²) in [6, 6.07) is 4.00. The quantitative estimate of drug-likeness (QED) is 0.800. The lowest BCUT2D eigenvalue weighted by molar-refractivity contribution is -0.119. The van der Waals surface area contributed by atoms with Crippen LogP contribution in [0.25, 0.3) is 10.9 Å². The third kappa shape index (κ3) is 1.85. The maximum atomic E-state index is 13.1. The van der Waals surface area contributed by atoms with Crippen molar-refractivity contribution >= 4 is 22.5 Å². The van der Waals surface area contributed by atoms with E-state index >= 15 is 0 Å². The highest BCUT2D eigenvalue weighted by Crippen LogP contribution is 2.36. The SMILES string of the molecule is O=C(N=Nc1c(O)[nH]c2ccc(F)cc12)C1CC1. The minimum absolute atomic E-state index is 0.0298. The van der Waals surface area contributed by atoms with Gasteiger partial charge in [-0.15, -0.1) is 10.2 Å². The number of carbonyl (C=O) groups is 1. The van der Waals surface area contributed by atoms with Crippen LogP contribution >= 0.6 is 0 Å². The molecule has 1 amide bonds. The Morgan fingerprint density at radius 3 is 2.94 bits per heavy atom. The van der Waals surface area contributed by atoms with E-state index in [1.807, 2.05) is 0 Å². The second kappa shape index (κ2) is 3.90. The molecule has 0 bridgehead atoms. The molecule has 92 valence electrons. The molecule has 0 aliphatic heterocycles. The lowest BCUT2D eigenvalue weighted by Crippen LogP contribution is -1.92. The summed E-state index contributed by atoms with van der Waals surface area (Å²) >= 11 is 0. The Bertz CT molecular complexity index is 659. The van der Waals surface area contributed by atoms with Crippen LogP contribution in [0.1, 0.15) is 12.8 Å². The van der Waals surface area contributed by atoms with Gasteiger partial charge in [-0.05, 0) is 31.0 Å². The number of hydrogen-bond acceptors (Lipinski definition) is 3. The average Bonchev–Trinajstić information content (AvgIpc) is 3.12. The van der Waals surface area contributed by atoms with Gasteiger partial charge >= 0.3 is 0 Å². The molecule has 18 heavy (non-hydrogen) atoms.